The summed E-state index contributed by atoms with van der Waals surface area (Å²) in [5.41, 5.74) is 0.0217. The molecule has 1 aromatic carbocycles. The molecule has 0 aliphatic rings. The second kappa shape index (κ2) is 7.24. The van der Waals surface area contributed by atoms with Crippen LogP contribution in [0.3, 0.4) is 0 Å². The standard InChI is InChI=1S/C15H26N2O3S/c1-5-10-15(4,18)11-16-13-6-8-14(9-7-13)21(19,20)17-12(2)3/h6-9,12,16-18H,5,10-11H2,1-4H3. The molecule has 0 aliphatic carbocycles. The Morgan fingerprint density at radius 2 is 1.81 bits per heavy atom. The van der Waals surface area contributed by atoms with Crippen LogP contribution in [0, 0.1) is 0 Å². The van der Waals surface area contributed by atoms with Gasteiger partial charge >= 0.3 is 0 Å². The van der Waals surface area contributed by atoms with E-state index in [-0.39, 0.29) is 10.9 Å². The summed E-state index contributed by atoms with van der Waals surface area (Å²) in [6.07, 6.45) is 1.62. The Hall–Kier alpha value is -1.11. The lowest BCUT2D eigenvalue weighted by Gasteiger charge is -2.23. The van der Waals surface area contributed by atoms with Crippen LogP contribution in [-0.2, 0) is 10.0 Å². The van der Waals surface area contributed by atoms with E-state index in [9.17, 15) is 13.5 Å². The smallest absolute Gasteiger partial charge is 0.240 e. The molecule has 0 aliphatic heterocycles. The first-order valence-corrected chi connectivity index (χ1v) is 8.73. The van der Waals surface area contributed by atoms with Gasteiger partial charge in [0.1, 0.15) is 0 Å². The highest BCUT2D eigenvalue weighted by Crippen LogP contribution is 2.17. The molecule has 120 valence electrons. The van der Waals surface area contributed by atoms with Crippen molar-refractivity contribution in [2.45, 2.75) is 57.1 Å². The number of benzene rings is 1. The van der Waals surface area contributed by atoms with E-state index in [4.69, 9.17) is 0 Å². The van der Waals surface area contributed by atoms with Crippen LogP contribution < -0.4 is 10.0 Å². The number of rotatable bonds is 8. The van der Waals surface area contributed by atoms with E-state index in [1.54, 1.807) is 45.0 Å². The molecular formula is C15H26N2O3S. The van der Waals surface area contributed by atoms with Crippen molar-refractivity contribution in [2.75, 3.05) is 11.9 Å². The Bertz CT molecular complexity index is 537. The molecule has 1 unspecified atom stereocenters. The summed E-state index contributed by atoms with van der Waals surface area (Å²) in [6.45, 7) is 7.80. The summed E-state index contributed by atoms with van der Waals surface area (Å²) in [6, 6.07) is 6.38. The van der Waals surface area contributed by atoms with Gasteiger partial charge in [0.2, 0.25) is 10.0 Å². The SMILES string of the molecule is CCCC(C)(O)CNc1ccc(S(=O)(=O)NC(C)C)cc1. The van der Waals surface area contributed by atoms with Gasteiger partial charge in [-0.3, -0.25) is 0 Å². The lowest BCUT2D eigenvalue weighted by Crippen LogP contribution is -2.33. The zero-order valence-corrected chi connectivity index (χ0v) is 14.0. The summed E-state index contributed by atoms with van der Waals surface area (Å²) >= 11 is 0. The van der Waals surface area contributed by atoms with E-state index in [1.165, 1.54) is 0 Å². The van der Waals surface area contributed by atoms with Crippen molar-refractivity contribution in [3.8, 4) is 0 Å². The minimum atomic E-state index is -3.46. The lowest BCUT2D eigenvalue weighted by atomic mass is 10.0. The predicted octanol–water partition coefficient (Wildman–Crippen LogP) is 2.34. The predicted molar refractivity (Wildman–Crippen MR) is 85.9 cm³/mol. The van der Waals surface area contributed by atoms with Crippen molar-refractivity contribution in [1.82, 2.24) is 4.72 Å². The molecule has 0 saturated carbocycles. The third-order valence-corrected chi connectivity index (χ3v) is 4.69. The molecule has 0 amide bonds. The average Bonchev–Trinajstić information content (AvgIpc) is 2.35. The number of hydrogen-bond donors (Lipinski definition) is 3. The van der Waals surface area contributed by atoms with Gasteiger partial charge in [-0.2, -0.15) is 0 Å². The van der Waals surface area contributed by atoms with Crippen molar-refractivity contribution in [2.24, 2.45) is 0 Å². The number of sulfonamides is 1. The van der Waals surface area contributed by atoms with E-state index in [0.29, 0.717) is 13.0 Å². The molecule has 3 N–H and O–H groups in total. The minimum Gasteiger partial charge on any atom is -0.388 e. The summed E-state index contributed by atoms with van der Waals surface area (Å²) in [5.74, 6) is 0. The van der Waals surface area contributed by atoms with Crippen LogP contribution >= 0.6 is 0 Å². The highest BCUT2D eigenvalue weighted by Gasteiger charge is 2.19. The number of aliphatic hydroxyl groups is 1. The molecule has 1 rings (SSSR count). The van der Waals surface area contributed by atoms with Gasteiger partial charge in [-0.25, -0.2) is 13.1 Å². The molecule has 1 atom stereocenters. The van der Waals surface area contributed by atoms with Crippen molar-refractivity contribution < 1.29 is 13.5 Å². The van der Waals surface area contributed by atoms with E-state index in [0.717, 1.165) is 12.1 Å². The van der Waals surface area contributed by atoms with Gasteiger partial charge in [-0.1, -0.05) is 13.3 Å². The van der Waals surface area contributed by atoms with Crippen LogP contribution in [0.4, 0.5) is 5.69 Å². The third kappa shape index (κ3) is 6.03. The fraction of sp³-hybridized carbons (Fsp3) is 0.600. The highest BCUT2D eigenvalue weighted by molar-refractivity contribution is 7.89. The molecule has 5 nitrogen and oxygen atoms in total. The molecule has 0 spiro atoms. The van der Waals surface area contributed by atoms with E-state index in [2.05, 4.69) is 10.0 Å². The van der Waals surface area contributed by atoms with Gasteiger partial charge in [0, 0.05) is 18.3 Å². The van der Waals surface area contributed by atoms with Crippen LogP contribution in [0.1, 0.15) is 40.5 Å². The Morgan fingerprint density at radius 1 is 1.24 bits per heavy atom. The molecule has 0 saturated heterocycles. The van der Waals surface area contributed by atoms with Crippen LogP contribution in [0.2, 0.25) is 0 Å². The van der Waals surface area contributed by atoms with E-state index < -0.39 is 15.6 Å². The molecular weight excluding hydrogens is 288 g/mol. The second-order valence-corrected chi connectivity index (χ2v) is 7.61. The summed E-state index contributed by atoms with van der Waals surface area (Å²) in [5, 5.41) is 13.2. The summed E-state index contributed by atoms with van der Waals surface area (Å²) in [7, 11) is -3.46. The van der Waals surface area contributed by atoms with Crippen molar-refractivity contribution >= 4 is 15.7 Å². The van der Waals surface area contributed by atoms with Gasteiger partial charge in [-0.05, 0) is 51.5 Å². The van der Waals surface area contributed by atoms with E-state index in [1.807, 2.05) is 6.92 Å². The molecule has 0 fully saturated rings. The van der Waals surface area contributed by atoms with Crippen LogP contribution in [0.5, 0.6) is 0 Å². The maximum Gasteiger partial charge on any atom is 0.240 e. The molecule has 0 aromatic heterocycles. The largest absolute Gasteiger partial charge is 0.388 e. The topological polar surface area (TPSA) is 78.4 Å². The monoisotopic (exact) mass is 314 g/mol. The van der Waals surface area contributed by atoms with Crippen LogP contribution in [0.15, 0.2) is 29.2 Å². The first-order valence-electron chi connectivity index (χ1n) is 7.25. The first-order chi connectivity index (χ1) is 9.66. The average molecular weight is 314 g/mol. The Kier molecular flexibility index (Phi) is 6.19. The van der Waals surface area contributed by atoms with Crippen molar-refractivity contribution in [3.63, 3.8) is 0 Å². The molecule has 6 heteroatoms. The van der Waals surface area contributed by atoms with Crippen LogP contribution in [-0.4, -0.2) is 31.7 Å². The Morgan fingerprint density at radius 3 is 2.29 bits per heavy atom. The first kappa shape index (κ1) is 17.9. The van der Waals surface area contributed by atoms with Crippen molar-refractivity contribution in [1.29, 1.82) is 0 Å². The van der Waals surface area contributed by atoms with Gasteiger partial charge in [0.25, 0.3) is 0 Å². The molecule has 0 bridgehead atoms. The summed E-state index contributed by atoms with van der Waals surface area (Å²) in [4.78, 5) is 0.238. The Balaban J connectivity index is 2.71. The molecule has 0 heterocycles. The number of anilines is 1. The van der Waals surface area contributed by atoms with Crippen LogP contribution in [0.25, 0.3) is 0 Å². The zero-order valence-electron chi connectivity index (χ0n) is 13.2. The minimum absolute atomic E-state index is 0.142. The number of hydrogen-bond acceptors (Lipinski definition) is 4. The maximum atomic E-state index is 12.0. The number of nitrogens with one attached hydrogen (secondary N) is 2. The fourth-order valence-corrected chi connectivity index (χ4v) is 3.30. The molecule has 21 heavy (non-hydrogen) atoms. The summed E-state index contributed by atoms with van der Waals surface area (Å²) < 4.78 is 26.5. The quantitative estimate of drug-likeness (QED) is 0.688. The van der Waals surface area contributed by atoms with Gasteiger partial charge in [-0.15, -0.1) is 0 Å². The Labute approximate surface area is 127 Å². The fourth-order valence-electron chi connectivity index (χ4n) is 2.05. The van der Waals surface area contributed by atoms with E-state index >= 15 is 0 Å². The lowest BCUT2D eigenvalue weighted by molar-refractivity contribution is 0.0637. The zero-order chi connectivity index (χ0) is 16.1. The normalized spacial score (nSPS) is 15.0. The second-order valence-electron chi connectivity index (χ2n) is 5.90. The molecule has 0 radical (unpaired) electrons. The van der Waals surface area contributed by atoms with Gasteiger partial charge < -0.3 is 10.4 Å². The van der Waals surface area contributed by atoms with Gasteiger partial charge in [0.15, 0.2) is 0 Å². The van der Waals surface area contributed by atoms with Gasteiger partial charge in [0.05, 0.1) is 10.5 Å². The maximum absolute atomic E-state index is 12.0. The highest BCUT2D eigenvalue weighted by atomic mass is 32.2. The van der Waals surface area contributed by atoms with Crippen molar-refractivity contribution in [3.05, 3.63) is 24.3 Å². The molecule has 1 aromatic rings. The third-order valence-electron chi connectivity index (χ3n) is 3.02.